The molecule has 0 atom stereocenters. The van der Waals surface area contributed by atoms with E-state index in [2.05, 4.69) is 31.0 Å². The van der Waals surface area contributed by atoms with Crippen molar-refractivity contribution in [3.63, 3.8) is 0 Å². The third kappa shape index (κ3) is 3.71. The van der Waals surface area contributed by atoms with Crippen molar-refractivity contribution < 1.29 is 23.1 Å². The lowest BCUT2D eigenvalue weighted by Crippen LogP contribution is -2.46. The van der Waals surface area contributed by atoms with Crippen LogP contribution in [0.4, 0.5) is 14.6 Å². The monoisotopic (exact) mass is 451 g/mol. The molecule has 2 aromatic rings. The normalized spacial score (nSPS) is 16.9. The van der Waals surface area contributed by atoms with Crippen LogP contribution >= 0.6 is 15.9 Å². The largest absolute Gasteiger partial charge is 0.433 e. The zero-order valence-corrected chi connectivity index (χ0v) is 16.2. The minimum Gasteiger partial charge on any atom is -0.433 e. The van der Waals surface area contributed by atoms with Gasteiger partial charge in [0.05, 0.1) is 6.20 Å². The Hall–Kier alpha value is -2.55. The van der Waals surface area contributed by atoms with E-state index in [-0.39, 0.29) is 29.4 Å². The maximum absolute atomic E-state index is 12.8. The number of halogens is 3. The molecule has 1 aromatic carbocycles. The summed E-state index contributed by atoms with van der Waals surface area (Å²) in [5, 5.41) is 2.58. The molecule has 1 saturated carbocycles. The van der Waals surface area contributed by atoms with E-state index in [1.54, 1.807) is 11.0 Å². The smallest absolute Gasteiger partial charge is 0.387 e. The Morgan fingerprint density at radius 2 is 2.11 bits per heavy atom. The zero-order valence-electron chi connectivity index (χ0n) is 14.6. The lowest BCUT2D eigenvalue weighted by molar-refractivity contribution is -0.117. The number of ether oxygens (including phenoxy) is 1. The Morgan fingerprint density at radius 1 is 1.32 bits per heavy atom. The Kier molecular flexibility index (Phi) is 4.78. The number of hydrogen-bond acceptors (Lipinski definition) is 4. The van der Waals surface area contributed by atoms with Gasteiger partial charge in [-0.2, -0.15) is 8.78 Å². The van der Waals surface area contributed by atoms with Gasteiger partial charge in [-0.05, 0) is 48.7 Å². The highest BCUT2D eigenvalue weighted by atomic mass is 79.9. The molecule has 1 aromatic heterocycles. The van der Waals surface area contributed by atoms with E-state index in [4.69, 9.17) is 0 Å². The van der Waals surface area contributed by atoms with Crippen molar-refractivity contribution in [2.24, 2.45) is 0 Å². The lowest BCUT2D eigenvalue weighted by Gasteiger charge is -2.34. The molecule has 2 aliphatic rings. The lowest BCUT2D eigenvalue weighted by atomic mass is 9.86. The predicted molar refractivity (Wildman–Crippen MR) is 100 cm³/mol. The molecular weight excluding hydrogens is 436 g/mol. The third-order valence-electron chi connectivity index (χ3n) is 4.98. The van der Waals surface area contributed by atoms with Gasteiger partial charge in [-0.3, -0.25) is 9.59 Å². The number of carbonyl (C=O) groups excluding carboxylic acids is 2. The van der Waals surface area contributed by atoms with Crippen LogP contribution in [-0.4, -0.2) is 41.4 Å². The molecule has 9 heteroatoms. The number of rotatable bonds is 5. The van der Waals surface area contributed by atoms with Crippen LogP contribution in [0.15, 0.2) is 41.0 Å². The van der Waals surface area contributed by atoms with Crippen molar-refractivity contribution in [3.8, 4) is 5.75 Å². The number of anilines is 1. The Bertz CT molecular complexity index is 933. The first kappa shape index (κ1) is 18.8. The van der Waals surface area contributed by atoms with Crippen LogP contribution in [0.3, 0.4) is 0 Å². The molecule has 6 nitrogen and oxygen atoms in total. The fraction of sp³-hybridized carbons (Fsp3) is 0.316. The number of carbonyl (C=O) groups is 2. The van der Waals surface area contributed by atoms with Gasteiger partial charge >= 0.3 is 6.61 Å². The molecule has 0 unspecified atom stereocenters. The molecule has 0 bridgehead atoms. The number of hydrogen-bond donors (Lipinski definition) is 1. The van der Waals surface area contributed by atoms with E-state index < -0.39 is 12.5 Å². The van der Waals surface area contributed by atoms with Crippen molar-refractivity contribution in [2.75, 3.05) is 18.4 Å². The number of aromatic nitrogens is 1. The molecule has 1 spiro atoms. The number of benzene rings is 1. The molecule has 2 heterocycles. The van der Waals surface area contributed by atoms with Crippen molar-refractivity contribution in [2.45, 2.75) is 24.9 Å². The first-order valence-corrected chi connectivity index (χ1v) is 9.46. The molecule has 1 aliphatic heterocycles. The summed E-state index contributed by atoms with van der Waals surface area (Å²) in [5.74, 6) is -0.484. The molecular formula is C19H16BrF2N3O3. The van der Waals surface area contributed by atoms with Crippen LogP contribution in [0.2, 0.25) is 0 Å². The summed E-state index contributed by atoms with van der Waals surface area (Å²) in [7, 11) is 0. The topological polar surface area (TPSA) is 71.5 Å². The predicted octanol–water partition coefficient (Wildman–Crippen LogP) is 3.57. The number of amides is 2. The van der Waals surface area contributed by atoms with Gasteiger partial charge in [0.1, 0.15) is 18.1 Å². The molecule has 1 fully saturated rings. The fourth-order valence-electron chi connectivity index (χ4n) is 3.52. The van der Waals surface area contributed by atoms with Crippen molar-refractivity contribution in [3.05, 3.63) is 52.1 Å². The van der Waals surface area contributed by atoms with Gasteiger partial charge in [0.2, 0.25) is 5.91 Å². The first-order valence-electron chi connectivity index (χ1n) is 8.66. The van der Waals surface area contributed by atoms with E-state index in [0.717, 1.165) is 29.1 Å². The summed E-state index contributed by atoms with van der Waals surface area (Å²) in [5.41, 5.74) is 1.60. The fourth-order valence-corrected chi connectivity index (χ4v) is 3.88. The van der Waals surface area contributed by atoms with Gasteiger partial charge in [-0.15, -0.1) is 0 Å². The molecule has 2 amide bonds. The second-order valence-electron chi connectivity index (χ2n) is 6.94. The number of pyridine rings is 1. The second-order valence-corrected chi connectivity index (χ2v) is 7.85. The molecule has 1 aliphatic carbocycles. The van der Waals surface area contributed by atoms with E-state index in [1.807, 2.05) is 12.1 Å². The standard InChI is InChI=1S/C19H16BrF2N3O3/c20-11-1-3-13-14(7-11)19(5-6-19)10-25(17(13)27)9-16(26)24-15-4-2-12(8-23-15)28-18(21)22/h1-4,7-8,18H,5-6,9-10H2,(H,23,24,26). The number of nitrogens with one attached hydrogen (secondary N) is 1. The van der Waals surface area contributed by atoms with Crippen LogP contribution in [0.25, 0.3) is 0 Å². The molecule has 0 radical (unpaired) electrons. The van der Waals surface area contributed by atoms with Gasteiger partial charge in [-0.1, -0.05) is 15.9 Å². The number of fused-ring (bicyclic) bond motifs is 2. The van der Waals surface area contributed by atoms with Crippen LogP contribution < -0.4 is 10.1 Å². The summed E-state index contributed by atoms with van der Waals surface area (Å²) < 4.78 is 29.5. The Labute approximate surface area is 168 Å². The van der Waals surface area contributed by atoms with E-state index >= 15 is 0 Å². The molecule has 0 saturated heterocycles. The SMILES string of the molecule is O=C(CN1CC2(CC2)c2cc(Br)ccc2C1=O)Nc1ccc(OC(F)F)cn1. The highest BCUT2D eigenvalue weighted by molar-refractivity contribution is 9.10. The van der Waals surface area contributed by atoms with Crippen molar-refractivity contribution in [1.82, 2.24) is 9.88 Å². The average molecular weight is 452 g/mol. The zero-order chi connectivity index (χ0) is 19.9. The molecule has 4 rings (SSSR count). The van der Waals surface area contributed by atoms with Crippen molar-refractivity contribution in [1.29, 1.82) is 0 Å². The van der Waals surface area contributed by atoms with Crippen LogP contribution in [0.5, 0.6) is 5.75 Å². The Balaban J connectivity index is 1.44. The van der Waals surface area contributed by atoms with E-state index in [1.165, 1.54) is 12.1 Å². The van der Waals surface area contributed by atoms with Crippen molar-refractivity contribution >= 4 is 33.6 Å². The number of alkyl halides is 2. The quantitative estimate of drug-likeness (QED) is 0.753. The first-order chi connectivity index (χ1) is 13.4. The van der Waals surface area contributed by atoms with Crippen LogP contribution in [0.1, 0.15) is 28.8 Å². The minimum atomic E-state index is -2.94. The van der Waals surface area contributed by atoms with Gasteiger partial charge in [0.25, 0.3) is 5.91 Å². The summed E-state index contributed by atoms with van der Waals surface area (Å²) in [6.07, 6.45) is 3.06. The maximum atomic E-state index is 12.8. The Morgan fingerprint density at radius 3 is 2.75 bits per heavy atom. The van der Waals surface area contributed by atoms with E-state index in [0.29, 0.717) is 12.1 Å². The van der Waals surface area contributed by atoms with Gasteiger partial charge in [-0.25, -0.2) is 4.98 Å². The molecule has 1 N–H and O–H groups in total. The third-order valence-corrected chi connectivity index (χ3v) is 5.47. The summed E-state index contributed by atoms with van der Waals surface area (Å²) in [4.78, 5) is 30.6. The van der Waals surface area contributed by atoms with Gasteiger partial charge in [0, 0.05) is 22.0 Å². The molecule has 146 valence electrons. The van der Waals surface area contributed by atoms with Crippen LogP contribution in [0, 0.1) is 0 Å². The maximum Gasteiger partial charge on any atom is 0.387 e. The second kappa shape index (κ2) is 7.12. The highest BCUT2D eigenvalue weighted by Crippen LogP contribution is 2.52. The summed E-state index contributed by atoms with van der Waals surface area (Å²) in [6.45, 7) is -2.55. The summed E-state index contributed by atoms with van der Waals surface area (Å²) in [6, 6.07) is 8.25. The summed E-state index contributed by atoms with van der Waals surface area (Å²) >= 11 is 3.45. The average Bonchev–Trinajstić information content (AvgIpc) is 3.41. The highest BCUT2D eigenvalue weighted by Gasteiger charge is 2.51. The van der Waals surface area contributed by atoms with Gasteiger partial charge < -0.3 is 15.0 Å². The minimum absolute atomic E-state index is 0.0696. The number of nitrogens with zero attached hydrogens (tertiary/aromatic N) is 2. The van der Waals surface area contributed by atoms with Gasteiger partial charge in [0.15, 0.2) is 0 Å². The van der Waals surface area contributed by atoms with Crippen LogP contribution in [-0.2, 0) is 10.2 Å². The molecule has 28 heavy (non-hydrogen) atoms. The van der Waals surface area contributed by atoms with E-state index in [9.17, 15) is 18.4 Å².